The number of carboxylic acids is 1. The first kappa shape index (κ1) is 74.1. The van der Waals surface area contributed by atoms with E-state index in [-0.39, 0.29) is 51.0 Å². The minimum Gasteiger partial charge on any atom is -0.492 e. The summed E-state index contributed by atoms with van der Waals surface area (Å²) in [6.45, 7) is 0.661. The number of nitrogen functional groups attached to an aromatic ring is 4. The highest BCUT2D eigenvalue weighted by molar-refractivity contribution is 6.42. The number of benzene rings is 8. The summed E-state index contributed by atoms with van der Waals surface area (Å²) in [6.07, 6.45) is 2.88. The Morgan fingerprint density at radius 3 is 1.16 bits per heavy atom. The van der Waals surface area contributed by atoms with Gasteiger partial charge in [0.05, 0.1) is 77.2 Å². The predicted molar refractivity (Wildman–Crippen MR) is 356 cm³/mol. The third-order valence-corrected chi connectivity index (χ3v) is 14.2. The molecule has 0 radical (unpaired) electrons. The number of hydrogen-bond donors (Lipinski definition) is 9. The highest BCUT2D eigenvalue weighted by atomic mass is 35.5. The first-order chi connectivity index (χ1) is 42.3. The molecule has 9 rings (SSSR count). The van der Waals surface area contributed by atoms with E-state index in [4.69, 9.17) is 167 Å². The number of aromatic nitrogens is 2. The highest BCUT2D eigenvalue weighted by Gasteiger charge is 2.17. The zero-order valence-electron chi connectivity index (χ0n) is 46.5. The number of aliphatic hydroxyl groups is 3. The maximum Gasteiger partial charge on any atom is 0.329 e. The molecular formula is C60H57Cl9N8O12. The molecule has 20 nitrogen and oxygen atoms in total. The van der Waals surface area contributed by atoms with E-state index in [1.165, 1.54) is 18.2 Å². The first-order valence-electron chi connectivity index (χ1n) is 25.9. The van der Waals surface area contributed by atoms with Gasteiger partial charge in [-0.1, -0.05) is 153 Å². The number of nitrogens with one attached hydrogen (secondary N) is 1. The number of carboxylic acid groups (broad SMARTS) is 1. The van der Waals surface area contributed by atoms with Gasteiger partial charge in [0.25, 0.3) is 11.4 Å². The van der Waals surface area contributed by atoms with Crippen LogP contribution in [0.15, 0.2) is 146 Å². The normalized spacial score (nSPS) is 10.2. The number of aliphatic carboxylic acids is 1. The van der Waals surface area contributed by atoms with Gasteiger partial charge in [-0.25, -0.2) is 9.78 Å². The van der Waals surface area contributed by atoms with Crippen molar-refractivity contribution in [2.45, 2.75) is 32.3 Å². The summed E-state index contributed by atoms with van der Waals surface area (Å²) in [4.78, 5) is 36.2. The number of nitrogens with zero attached hydrogens (tertiary/aromatic N) is 3. The number of hydrogen-bond acceptors (Lipinski definition) is 16. The molecule has 0 aliphatic heterocycles. The Bertz CT molecular complexity index is 3740. The number of H-pyrrole nitrogens is 1. The van der Waals surface area contributed by atoms with E-state index in [1.54, 1.807) is 36.4 Å². The Labute approximate surface area is 555 Å². The Morgan fingerprint density at radius 1 is 0.461 bits per heavy atom. The minimum absolute atomic E-state index is 0.00870. The van der Waals surface area contributed by atoms with Crippen LogP contribution in [0.3, 0.4) is 0 Å². The van der Waals surface area contributed by atoms with Gasteiger partial charge in [0.1, 0.15) is 47.7 Å². The van der Waals surface area contributed by atoms with E-state index in [0.717, 1.165) is 67.3 Å². The SMILES string of the molecule is Nc1cc(Cl)c(Cl)cc1[N+](=O)[O-].Nc1cc(Cl)c(OCCc2ccc(Cl)cc2)cc1N.Nc1cc(OCCc2ccc(Cl)cc2)c(Cl)cc1[N+](=O)[O-].O=C(O)CO.OCCc1ccc(Cl)cc1.OCc1nc2cc(OCCc3ccc(Cl)cc3)c(Cl)cc2[nH]1. The van der Waals surface area contributed by atoms with Crippen molar-refractivity contribution >= 4 is 156 Å². The first-order valence-corrected chi connectivity index (χ1v) is 29.3. The molecule has 0 spiro atoms. The van der Waals surface area contributed by atoms with E-state index in [0.29, 0.717) is 82.2 Å². The average Bonchev–Trinajstić information content (AvgIpc) is 3.18. The zero-order valence-corrected chi connectivity index (χ0v) is 53.3. The van der Waals surface area contributed by atoms with Crippen molar-refractivity contribution < 1.29 is 49.3 Å². The number of nitrogens with two attached hydrogens (primary N) is 4. The molecule has 89 heavy (non-hydrogen) atoms. The molecule has 472 valence electrons. The average molecular weight is 1400 g/mol. The second-order valence-corrected chi connectivity index (χ2v) is 21.8. The number of nitro benzene ring substituents is 2. The van der Waals surface area contributed by atoms with Crippen molar-refractivity contribution in [3.63, 3.8) is 0 Å². The lowest BCUT2D eigenvalue weighted by molar-refractivity contribution is -0.384. The standard InChI is InChI=1S/C16H14Cl2N2O2.C14H12Cl2N2O3.C14H14Cl2N2O.C8H9ClO.C6H4Cl2N2O2.C2H4O3/c17-11-3-1-10(2-4-11)5-6-22-15-8-14-13(7-12(15)18)19-16(9-21)20-14;15-10-3-1-9(2-4-10)5-6-21-14-8-12(17)13(18(19)20)7-11(14)16;15-10-3-1-9(2-4-10)5-6-19-14-8-13(18)12(17)7-11(14)16;9-8-3-1-7(2-4-8)5-6-10;7-3-1-5(9)6(10(11)12)2-4(3)8;3-1-2(4)5/h1-4,7-8,21H,5-6,9H2,(H,19,20);1-4,7-8H,5-6,17H2;1-4,7-8H,5-6,17-18H2;1-4,10H,5-6H2;1-2H,9H2;3H,1H2,(H,4,5). The Morgan fingerprint density at radius 2 is 0.775 bits per heavy atom. The van der Waals surface area contributed by atoms with Gasteiger partial charge in [0, 0.05) is 76.3 Å². The number of anilines is 4. The summed E-state index contributed by atoms with van der Waals surface area (Å²) in [7, 11) is 0. The number of fused-ring (bicyclic) bond motifs is 1. The molecule has 9 aromatic rings. The van der Waals surface area contributed by atoms with Gasteiger partial charge in [0.15, 0.2) is 0 Å². The molecule has 0 bridgehead atoms. The summed E-state index contributed by atoms with van der Waals surface area (Å²) in [5, 5.41) is 58.0. The highest BCUT2D eigenvalue weighted by Crippen LogP contribution is 2.36. The lowest BCUT2D eigenvalue weighted by atomic mass is 10.2. The summed E-state index contributed by atoms with van der Waals surface area (Å²) in [5.41, 5.74) is 28.7. The van der Waals surface area contributed by atoms with Crippen LogP contribution in [-0.4, -0.2) is 79.2 Å². The molecular weight excluding hydrogens is 1340 g/mol. The second kappa shape index (κ2) is 38.2. The summed E-state index contributed by atoms with van der Waals surface area (Å²) in [5.74, 6) is 0.768. The van der Waals surface area contributed by atoms with Gasteiger partial charge >= 0.3 is 5.97 Å². The summed E-state index contributed by atoms with van der Waals surface area (Å²) in [6, 6.07) is 41.8. The Kier molecular flexibility index (Phi) is 31.8. The van der Waals surface area contributed by atoms with Crippen molar-refractivity contribution in [1.82, 2.24) is 9.97 Å². The summed E-state index contributed by atoms with van der Waals surface area (Å²) < 4.78 is 16.9. The fourth-order valence-corrected chi connectivity index (χ4v) is 8.54. The fourth-order valence-electron chi connectivity index (χ4n) is 7.05. The van der Waals surface area contributed by atoms with E-state index in [1.807, 2.05) is 84.9 Å². The molecule has 0 saturated carbocycles. The van der Waals surface area contributed by atoms with Crippen molar-refractivity contribution in [1.29, 1.82) is 0 Å². The molecule has 29 heteroatoms. The van der Waals surface area contributed by atoms with Crippen LogP contribution in [0.5, 0.6) is 17.2 Å². The molecule has 0 saturated heterocycles. The maximum absolute atomic E-state index is 10.7. The number of rotatable bonds is 18. The lowest BCUT2D eigenvalue weighted by Gasteiger charge is -2.10. The fraction of sp³-hybridized carbons (Fsp3) is 0.167. The van der Waals surface area contributed by atoms with Crippen LogP contribution in [0.2, 0.25) is 45.2 Å². The molecule has 1 heterocycles. The molecule has 0 fully saturated rings. The molecule has 0 amide bonds. The van der Waals surface area contributed by atoms with Crippen molar-refractivity contribution in [3.8, 4) is 17.2 Å². The van der Waals surface area contributed by atoms with Gasteiger partial charge in [0.2, 0.25) is 0 Å². The molecule has 0 atom stereocenters. The molecule has 1 aromatic heterocycles. The Hall–Kier alpha value is -7.41. The van der Waals surface area contributed by atoms with Crippen LogP contribution in [-0.2, 0) is 37.1 Å². The number of imidazole rings is 1. The number of halogens is 9. The largest absolute Gasteiger partial charge is 0.492 e. The molecule has 13 N–H and O–H groups in total. The maximum atomic E-state index is 10.7. The molecule has 8 aromatic carbocycles. The molecule has 0 unspecified atom stereocenters. The zero-order chi connectivity index (χ0) is 65.7. The van der Waals surface area contributed by atoms with Gasteiger partial charge in [-0.15, -0.1) is 0 Å². The van der Waals surface area contributed by atoms with Crippen molar-refractivity contribution in [2.75, 3.05) is 56.0 Å². The van der Waals surface area contributed by atoms with Crippen LogP contribution in [0.4, 0.5) is 34.1 Å². The second-order valence-electron chi connectivity index (χ2n) is 18.1. The quantitative estimate of drug-likeness (QED) is 0.0219. The van der Waals surface area contributed by atoms with Crippen molar-refractivity contribution in [3.05, 3.63) is 239 Å². The van der Waals surface area contributed by atoms with E-state index in [2.05, 4.69) is 9.97 Å². The van der Waals surface area contributed by atoms with Crippen molar-refractivity contribution in [2.24, 2.45) is 0 Å². The van der Waals surface area contributed by atoms with E-state index >= 15 is 0 Å². The van der Waals surface area contributed by atoms with Crippen LogP contribution < -0.4 is 37.1 Å². The molecule has 0 aliphatic carbocycles. The predicted octanol–water partition coefficient (Wildman–Crippen LogP) is 15.3. The van der Waals surface area contributed by atoms with Gasteiger partial charge in [-0.2, -0.15) is 0 Å². The van der Waals surface area contributed by atoms with E-state index in [9.17, 15) is 20.2 Å². The van der Waals surface area contributed by atoms with Gasteiger partial charge in [-0.3, -0.25) is 20.2 Å². The van der Waals surface area contributed by atoms with Crippen LogP contribution in [0.1, 0.15) is 28.1 Å². The van der Waals surface area contributed by atoms with Gasteiger partial charge < -0.3 is 62.6 Å². The number of ether oxygens (including phenoxy) is 3. The third kappa shape index (κ3) is 26.3. The summed E-state index contributed by atoms with van der Waals surface area (Å²) >= 11 is 52.4. The number of aromatic amines is 1. The number of carbonyl (C=O) groups is 1. The number of aliphatic hydroxyl groups excluding tert-OH is 3. The Balaban J connectivity index is 0.000000239. The van der Waals surface area contributed by atoms with Crippen LogP contribution in [0, 0.1) is 20.2 Å². The topological polar surface area (TPSA) is 345 Å². The lowest BCUT2D eigenvalue weighted by Crippen LogP contribution is -2.03. The van der Waals surface area contributed by atoms with Crippen LogP contribution >= 0.6 is 104 Å². The van der Waals surface area contributed by atoms with Crippen LogP contribution in [0.25, 0.3) is 11.0 Å². The van der Waals surface area contributed by atoms with E-state index < -0.39 is 22.4 Å². The third-order valence-electron chi connectivity index (χ3n) is 11.5. The number of nitro groups is 2. The molecule has 0 aliphatic rings. The smallest absolute Gasteiger partial charge is 0.329 e. The minimum atomic E-state index is -1.19. The van der Waals surface area contributed by atoms with Gasteiger partial charge in [-0.05, 0) is 95.4 Å². The monoisotopic (exact) mass is 1400 g/mol.